The highest BCUT2D eigenvalue weighted by Crippen LogP contribution is 2.35. The zero-order valence-corrected chi connectivity index (χ0v) is 11.4. The number of hydrogen-bond donors (Lipinski definition) is 0. The molecule has 0 aliphatic carbocycles. The Labute approximate surface area is 109 Å². The van der Waals surface area contributed by atoms with E-state index in [1.54, 1.807) is 0 Å². The Morgan fingerprint density at radius 2 is 1.63 bits per heavy atom. The summed E-state index contributed by atoms with van der Waals surface area (Å²) in [4.78, 5) is 19.9. The van der Waals surface area contributed by atoms with Crippen molar-refractivity contribution in [3.63, 3.8) is 0 Å². The van der Waals surface area contributed by atoms with E-state index in [2.05, 4.69) is 0 Å². The standard InChI is InChI=1S/C10H12N2O6S/c1-4-19(17,18)9-5-8(11(13)14)6(2)10(7(9)3)12(15)16/h5H,4H2,1-3H3. The van der Waals surface area contributed by atoms with Crippen molar-refractivity contribution >= 4 is 21.2 Å². The summed E-state index contributed by atoms with van der Waals surface area (Å²) in [5.74, 6) is -0.286. The maximum absolute atomic E-state index is 11.8. The average molecular weight is 288 g/mol. The van der Waals surface area contributed by atoms with Gasteiger partial charge in [0.2, 0.25) is 0 Å². The van der Waals surface area contributed by atoms with Gasteiger partial charge in [-0.15, -0.1) is 0 Å². The van der Waals surface area contributed by atoms with Crippen LogP contribution in [0.15, 0.2) is 11.0 Å². The molecule has 19 heavy (non-hydrogen) atoms. The predicted molar refractivity (Wildman–Crippen MR) is 67.0 cm³/mol. The van der Waals surface area contributed by atoms with Crippen LogP contribution in [0.4, 0.5) is 11.4 Å². The second-order valence-corrected chi connectivity index (χ2v) is 6.16. The molecule has 8 nitrogen and oxygen atoms in total. The average Bonchev–Trinajstić information content (AvgIpc) is 2.27. The van der Waals surface area contributed by atoms with E-state index in [1.165, 1.54) is 20.8 Å². The number of rotatable bonds is 4. The number of hydrogen-bond acceptors (Lipinski definition) is 6. The lowest BCUT2D eigenvalue weighted by Crippen LogP contribution is -2.10. The smallest absolute Gasteiger partial charge is 0.258 e. The zero-order chi connectivity index (χ0) is 15.0. The first kappa shape index (κ1) is 15.0. The van der Waals surface area contributed by atoms with Crippen LogP contribution in [0.1, 0.15) is 18.1 Å². The Bertz CT molecular complexity index is 665. The van der Waals surface area contributed by atoms with Crippen LogP contribution in [-0.2, 0) is 9.84 Å². The normalized spacial score (nSPS) is 11.3. The molecular formula is C10H12N2O6S. The molecule has 0 aromatic heterocycles. The third-order valence-electron chi connectivity index (χ3n) is 2.83. The van der Waals surface area contributed by atoms with Crippen molar-refractivity contribution in [2.24, 2.45) is 0 Å². The number of sulfone groups is 1. The van der Waals surface area contributed by atoms with E-state index in [0.717, 1.165) is 6.07 Å². The lowest BCUT2D eigenvalue weighted by atomic mass is 10.1. The number of nitrogens with zero attached hydrogens (tertiary/aromatic N) is 2. The Hall–Kier alpha value is -2.03. The van der Waals surface area contributed by atoms with Gasteiger partial charge in [0.05, 0.1) is 20.5 Å². The lowest BCUT2D eigenvalue weighted by molar-refractivity contribution is -0.396. The molecule has 1 aromatic rings. The Kier molecular flexibility index (Phi) is 3.89. The maximum Gasteiger partial charge on any atom is 0.283 e. The highest BCUT2D eigenvalue weighted by molar-refractivity contribution is 7.91. The minimum atomic E-state index is -3.77. The van der Waals surface area contributed by atoms with E-state index < -0.39 is 31.1 Å². The van der Waals surface area contributed by atoms with Crippen LogP contribution in [0.5, 0.6) is 0 Å². The highest BCUT2D eigenvalue weighted by Gasteiger charge is 2.31. The fourth-order valence-electron chi connectivity index (χ4n) is 1.80. The van der Waals surface area contributed by atoms with Crippen molar-refractivity contribution < 1.29 is 18.3 Å². The minimum Gasteiger partial charge on any atom is -0.258 e. The predicted octanol–water partition coefficient (Wildman–Crippen LogP) is 1.91. The van der Waals surface area contributed by atoms with Crippen LogP contribution >= 0.6 is 0 Å². The summed E-state index contributed by atoms with van der Waals surface area (Å²) in [7, 11) is -3.77. The van der Waals surface area contributed by atoms with Crippen molar-refractivity contribution in [1.82, 2.24) is 0 Å². The molecule has 1 rings (SSSR count). The summed E-state index contributed by atoms with van der Waals surface area (Å²) >= 11 is 0. The molecule has 0 saturated heterocycles. The van der Waals surface area contributed by atoms with E-state index in [-0.39, 0.29) is 21.8 Å². The van der Waals surface area contributed by atoms with Gasteiger partial charge in [-0.2, -0.15) is 0 Å². The number of benzene rings is 1. The van der Waals surface area contributed by atoms with Gasteiger partial charge in [0.25, 0.3) is 11.4 Å². The summed E-state index contributed by atoms with van der Waals surface area (Å²) in [6.45, 7) is 3.87. The maximum atomic E-state index is 11.8. The van der Waals surface area contributed by atoms with Crippen LogP contribution in [0.3, 0.4) is 0 Å². The van der Waals surface area contributed by atoms with E-state index >= 15 is 0 Å². The molecule has 0 atom stereocenters. The van der Waals surface area contributed by atoms with Gasteiger partial charge in [0.1, 0.15) is 5.56 Å². The molecule has 0 aliphatic heterocycles. The molecule has 104 valence electrons. The lowest BCUT2D eigenvalue weighted by Gasteiger charge is -2.08. The fraction of sp³-hybridized carbons (Fsp3) is 0.400. The van der Waals surface area contributed by atoms with Crippen LogP contribution in [0.25, 0.3) is 0 Å². The van der Waals surface area contributed by atoms with Crippen LogP contribution in [0, 0.1) is 34.1 Å². The van der Waals surface area contributed by atoms with Crippen molar-refractivity contribution in [2.45, 2.75) is 25.7 Å². The van der Waals surface area contributed by atoms with Crippen molar-refractivity contribution in [3.8, 4) is 0 Å². The van der Waals surface area contributed by atoms with Gasteiger partial charge in [-0.3, -0.25) is 20.2 Å². The van der Waals surface area contributed by atoms with Gasteiger partial charge in [0, 0.05) is 11.6 Å². The number of nitro benzene ring substituents is 2. The molecule has 9 heteroatoms. The van der Waals surface area contributed by atoms with Gasteiger partial charge >= 0.3 is 0 Å². The molecule has 0 heterocycles. The van der Waals surface area contributed by atoms with Crippen LogP contribution in [0.2, 0.25) is 0 Å². The van der Waals surface area contributed by atoms with E-state index in [9.17, 15) is 28.6 Å². The third kappa shape index (κ3) is 2.55. The second-order valence-electron chi connectivity index (χ2n) is 3.91. The molecule has 0 fully saturated rings. The summed E-state index contributed by atoms with van der Waals surface area (Å²) in [5, 5.41) is 21.8. The third-order valence-corrected chi connectivity index (χ3v) is 4.68. The Morgan fingerprint density at radius 3 is 2.00 bits per heavy atom. The molecule has 0 bridgehead atoms. The van der Waals surface area contributed by atoms with Crippen LogP contribution < -0.4 is 0 Å². The molecule has 0 radical (unpaired) electrons. The van der Waals surface area contributed by atoms with Crippen LogP contribution in [-0.4, -0.2) is 24.0 Å². The van der Waals surface area contributed by atoms with Crippen molar-refractivity contribution in [1.29, 1.82) is 0 Å². The van der Waals surface area contributed by atoms with Crippen molar-refractivity contribution in [3.05, 3.63) is 37.4 Å². The van der Waals surface area contributed by atoms with Gasteiger partial charge < -0.3 is 0 Å². The van der Waals surface area contributed by atoms with Gasteiger partial charge in [0.15, 0.2) is 9.84 Å². The van der Waals surface area contributed by atoms with E-state index in [0.29, 0.717) is 0 Å². The molecule has 0 N–H and O–H groups in total. The molecule has 0 saturated carbocycles. The first-order valence-corrected chi connectivity index (χ1v) is 6.94. The largest absolute Gasteiger partial charge is 0.283 e. The minimum absolute atomic E-state index is 0.0741. The first-order valence-electron chi connectivity index (χ1n) is 5.29. The summed E-state index contributed by atoms with van der Waals surface area (Å²) in [5.41, 5.74) is -1.32. The Morgan fingerprint density at radius 1 is 1.11 bits per heavy atom. The zero-order valence-electron chi connectivity index (χ0n) is 10.5. The molecular weight excluding hydrogens is 276 g/mol. The fourth-order valence-corrected chi connectivity index (χ4v) is 2.97. The van der Waals surface area contributed by atoms with E-state index in [1.807, 2.05) is 0 Å². The van der Waals surface area contributed by atoms with Gasteiger partial charge in [-0.1, -0.05) is 6.92 Å². The van der Waals surface area contributed by atoms with Gasteiger partial charge in [-0.05, 0) is 13.8 Å². The van der Waals surface area contributed by atoms with Gasteiger partial charge in [-0.25, -0.2) is 8.42 Å². The van der Waals surface area contributed by atoms with E-state index in [4.69, 9.17) is 0 Å². The van der Waals surface area contributed by atoms with Crippen molar-refractivity contribution in [2.75, 3.05) is 5.75 Å². The summed E-state index contributed by atoms with van der Waals surface area (Å²) in [6.07, 6.45) is 0. The molecule has 0 aliphatic rings. The molecule has 1 aromatic carbocycles. The second kappa shape index (κ2) is 4.92. The molecule has 0 spiro atoms. The molecule has 0 amide bonds. The summed E-state index contributed by atoms with van der Waals surface area (Å²) in [6, 6.07) is 0.885. The molecule has 0 unspecified atom stereocenters. The number of nitro groups is 2. The topological polar surface area (TPSA) is 120 Å². The highest BCUT2D eigenvalue weighted by atomic mass is 32.2. The summed E-state index contributed by atoms with van der Waals surface area (Å²) < 4.78 is 23.7. The monoisotopic (exact) mass is 288 g/mol. The Balaban J connectivity index is 3.88. The SMILES string of the molecule is CCS(=O)(=O)c1cc([N+](=O)[O-])c(C)c([N+](=O)[O-])c1C. The first-order chi connectivity index (χ1) is 8.63. The quantitative estimate of drug-likeness (QED) is 0.616.